The quantitative estimate of drug-likeness (QED) is 0.814. The monoisotopic (exact) mass is 389 g/mol. The minimum Gasteiger partial charge on any atom is -0.398 e. The number of sulfonamides is 1. The Kier molecular flexibility index (Phi) is 4.88. The maximum absolute atomic E-state index is 12.6. The number of rotatable bonds is 4. The molecule has 2 aromatic rings. The lowest BCUT2D eigenvalue weighted by Crippen LogP contribution is -2.27. The van der Waals surface area contributed by atoms with E-state index in [1.54, 1.807) is 24.5 Å². The number of aromatic nitrogens is 1. The van der Waals surface area contributed by atoms with Crippen molar-refractivity contribution in [1.82, 2.24) is 9.29 Å². The highest BCUT2D eigenvalue weighted by Gasteiger charge is 2.25. The summed E-state index contributed by atoms with van der Waals surface area (Å²) < 4.78 is 26.8. The van der Waals surface area contributed by atoms with Gasteiger partial charge in [-0.05, 0) is 45.8 Å². The molecule has 0 aliphatic rings. The molecule has 0 bridgehead atoms. The number of nitrogen functional groups attached to an aromatic ring is 1. The molecule has 0 saturated carbocycles. The van der Waals surface area contributed by atoms with Gasteiger partial charge in [0.1, 0.15) is 0 Å². The number of pyridine rings is 1. The number of nitrogens with two attached hydrogens (primary N) is 1. The van der Waals surface area contributed by atoms with E-state index < -0.39 is 10.0 Å². The highest BCUT2D eigenvalue weighted by atomic mass is 79.9. The van der Waals surface area contributed by atoms with E-state index in [2.05, 4.69) is 20.9 Å². The van der Waals surface area contributed by atoms with Gasteiger partial charge in [0.2, 0.25) is 10.0 Å². The van der Waals surface area contributed by atoms with Gasteiger partial charge in [-0.25, -0.2) is 8.42 Å². The van der Waals surface area contributed by atoms with Crippen molar-refractivity contribution in [3.05, 3.63) is 51.7 Å². The summed E-state index contributed by atoms with van der Waals surface area (Å²) in [6, 6.07) is 6.38. The molecule has 1 aromatic heterocycles. The van der Waals surface area contributed by atoms with Crippen molar-refractivity contribution in [2.24, 2.45) is 0 Å². The van der Waals surface area contributed by atoms with Gasteiger partial charge in [-0.1, -0.05) is 11.6 Å². The number of halogens is 2. The first-order valence-electron chi connectivity index (χ1n) is 5.92. The highest BCUT2D eigenvalue weighted by molar-refractivity contribution is 9.10. The van der Waals surface area contributed by atoms with Crippen LogP contribution >= 0.6 is 27.5 Å². The van der Waals surface area contributed by atoms with Gasteiger partial charge in [0.15, 0.2) is 0 Å². The van der Waals surface area contributed by atoms with E-state index in [-0.39, 0.29) is 22.2 Å². The van der Waals surface area contributed by atoms with Crippen LogP contribution in [0, 0.1) is 0 Å². The third-order valence-electron chi connectivity index (χ3n) is 2.87. The third kappa shape index (κ3) is 3.55. The zero-order valence-corrected chi connectivity index (χ0v) is 14.3. The summed E-state index contributed by atoms with van der Waals surface area (Å²) in [7, 11) is -2.21. The van der Waals surface area contributed by atoms with Gasteiger partial charge in [0, 0.05) is 36.7 Å². The van der Waals surface area contributed by atoms with Crippen LogP contribution in [-0.4, -0.2) is 24.8 Å². The SMILES string of the molecule is CN(Cc1ccncc1)S(=O)(=O)c1cc(Cl)cc(N)c1Br. The smallest absolute Gasteiger partial charge is 0.244 e. The van der Waals surface area contributed by atoms with Gasteiger partial charge in [-0.3, -0.25) is 4.98 Å². The van der Waals surface area contributed by atoms with Crippen molar-refractivity contribution in [3.8, 4) is 0 Å². The number of hydrogen-bond donors (Lipinski definition) is 1. The van der Waals surface area contributed by atoms with Crippen LogP contribution in [0.4, 0.5) is 5.69 Å². The molecular formula is C13H13BrClN3O2S. The van der Waals surface area contributed by atoms with Crippen LogP contribution in [0.3, 0.4) is 0 Å². The summed E-state index contributed by atoms with van der Waals surface area (Å²) in [6.07, 6.45) is 3.23. The Morgan fingerprint density at radius 2 is 1.95 bits per heavy atom. The van der Waals surface area contributed by atoms with Gasteiger partial charge < -0.3 is 5.73 Å². The predicted octanol–water partition coefficient (Wildman–Crippen LogP) is 2.90. The van der Waals surface area contributed by atoms with Crippen molar-refractivity contribution < 1.29 is 8.42 Å². The molecule has 0 radical (unpaired) electrons. The highest BCUT2D eigenvalue weighted by Crippen LogP contribution is 2.33. The average Bonchev–Trinajstić information content (AvgIpc) is 2.43. The van der Waals surface area contributed by atoms with E-state index in [1.807, 2.05) is 0 Å². The molecule has 0 aliphatic carbocycles. The molecule has 1 aromatic carbocycles. The number of benzene rings is 1. The van der Waals surface area contributed by atoms with Crippen LogP contribution in [0.25, 0.3) is 0 Å². The Balaban J connectivity index is 2.38. The fourth-order valence-electron chi connectivity index (χ4n) is 1.77. The molecule has 0 saturated heterocycles. The maximum Gasteiger partial charge on any atom is 0.244 e. The molecule has 0 fully saturated rings. The molecule has 5 nitrogen and oxygen atoms in total. The topological polar surface area (TPSA) is 76.3 Å². The second-order valence-corrected chi connectivity index (χ2v) is 7.67. The lowest BCUT2D eigenvalue weighted by Gasteiger charge is -2.19. The Labute approximate surface area is 136 Å². The Morgan fingerprint density at radius 1 is 1.33 bits per heavy atom. The normalized spacial score (nSPS) is 11.8. The zero-order chi connectivity index (χ0) is 15.6. The van der Waals surface area contributed by atoms with Crippen molar-refractivity contribution >= 4 is 43.2 Å². The van der Waals surface area contributed by atoms with Crippen molar-refractivity contribution in [1.29, 1.82) is 0 Å². The van der Waals surface area contributed by atoms with Gasteiger partial charge in [0.05, 0.1) is 9.37 Å². The van der Waals surface area contributed by atoms with Gasteiger partial charge >= 0.3 is 0 Å². The third-order valence-corrected chi connectivity index (χ3v) is 6.07. The van der Waals surface area contributed by atoms with Gasteiger partial charge in [-0.2, -0.15) is 4.31 Å². The van der Waals surface area contributed by atoms with E-state index in [0.717, 1.165) is 5.56 Å². The molecule has 0 amide bonds. The molecule has 0 spiro atoms. The fraction of sp³-hybridized carbons (Fsp3) is 0.154. The molecule has 1 heterocycles. The van der Waals surface area contributed by atoms with E-state index in [0.29, 0.717) is 4.47 Å². The second-order valence-electron chi connectivity index (χ2n) is 4.42. The van der Waals surface area contributed by atoms with E-state index in [1.165, 1.54) is 23.5 Å². The predicted molar refractivity (Wildman–Crippen MR) is 86.5 cm³/mol. The Morgan fingerprint density at radius 3 is 2.57 bits per heavy atom. The Hall–Kier alpha value is -1.15. The van der Waals surface area contributed by atoms with Gasteiger partial charge in [-0.15, -0.1) is 0 Å². The summed E-state index contributed by atoms with van der Waals surface area (Å²) in [4.78, 5) is 3.95. The van der Waals surface area contributed by atoms with Crippen molar-refractivity contribution in [2.45, 2.75) is 11.4 Å². The van der Waals surface area contributed by atoms with Crippen LogP contribution < -0.4 is 5.73 Å². The van der Waals surface area contributed by atoms with Crippen molar-refractivity contribution in [3.63, 3.8) is 0 Å². The molecule has 8 heteroatoms. The Bertz CT molecular complexity index is 754. The van der Waals surface area contributed by atoms with Crippen LogP contribution in [0.1, 0.15) is 5.56 Å². The summed E-state index contributed by atoms with van der Waals surface area (Å²) >= 11 is 9.11. The molecule has 0 atom stereocenters. The molecule has 2 rings (SSSR count). The second kappa shape index (κ2) is 6.31. The van der Waals surface area contributed by atoms with Crippen LogP contribution in [0.5, 0.6) is 0 Å². The molecule has 112 valence electrons. The van der Waals surface area contributed by atoms with Gasteiger partial charge in [0.25, 0.3) is 0 Å². The van der Waals surface area contributed by atoms with Crippen molar-refractivity contribution in [2.75, 3.05) is 12.8 Å². The molecule has 0 aliphatic heterocycles. The maximum atomic E-state index is 12.6. The van der Waals surface area contributed by atoms with E-state index >= 15 is 0 Å². The van der Waals surface area contributed by atoms with Crippen LogP contribution in [0.2, 0.25) is 5.02 Å². The summed E-state index contributed by atoms with van der Waals surface area (Å²) in [5.41, 5.74) is 6.86. The minimum absolute atomic E-state index is 0.0454. The molecule has 0 unspecified atom stereocenters. The molecule has 2 N–H and O–H groups in total. The first-order chi connectivity index (χ1) is 9.82. The number of hydrogen-bond acceptors (Lipinski definition) is 4. The molecule has 21 heavy (non-hydrogen) atoms. The lowest BCUT2D eigenvalue weighted by molar-refractivity contribution is 0.466. The molecular weight excluding hydrogens is 378 g/mol. The van der Waals surface area contributed by atoms with E-state index in [9.17, 15) is 8.42 Å². The zero-order valence-electron chi connectivity index (χ0n) is 11.1. The number of anilines is 1. The van der Waals surface area contributed by atoms with Crippen LogP contribution in [0.15, 0.2) is 46.0 Å². The largest absolute Gasteiger partial charge is 0.398 e. The fourth-order valence-corrected chi connectivity index (χ4v) is 4.18. The van der Waals surface area contributed by atoms with Crippen LogP contribution in [-0.2, 0) is 16.6 Å². The minimum atomic E-state index is -3.71. The first-order valence-corrected chi connectivity index (χ1v) is 8.53. The first kappa shape index (κ1) is 16.2. The summed E-state index contributed by atoms with van der Waals surface area (Å²) in [5, 5.41) is 0.270. The lowest BCUT2D eigenvalue weighted by atomic mass is 10.3. The number of nitrogens with zero attached hydrogens (tertiary/aromatic N) is 2. The summed E-state index contributed by atoms with van der Waals surface area (Å²) in [6.45, 7) is 0.226. The summed E-state index contributed by atoms with van der Waals surface area (Å²) in [5.74, 6) is 0. The standard InChI is InChI=1S/C13H13BrClN3O2S/c1-18(8-9-2-4-17-5-3-9)21(19,20)12-7-10(15)6-11(16)13(12)14/h2-7H,8,16H2,1H3. The average molecular weight is 391 g/mol. The van der Waals surface area contributed by atoms with E-state index in [4.69, 9.17) is 17.3 Å².